The van der Waals surface area contributed by atoms with Crippen LogP contribution in [-0.2, 0) is 6.54 Å². The molecule has 1 heterocycles. The Labute approximate surface area is 124 Å². The second-order valence-electron chi connectivity index (χ2n) is 4.59. The van der Waals surface area contributed by atoms with Gasteiger partial charge in [-0.25, -0.2) is 0 Å². The van der Waals surface area contributed by atoms with Crippen LogP contribution in [0.25, 0.3) is 0 Å². The van der Waals surface area contributed by atoms with Crippen LogP contribution < -0.4 is 5.73 Å². The second-order valence-corrected chi connectivity index (χ2v) is 5.45. The molecule has 1 aliphatic heterocycles. The van der Waals surface area contributed by atoms with Crippen molar-refractivity contribution in [2.45, 2.75) is 6.54 Å². The molecule has 0 fully saturated rings. The molecule has 0 radical (unpaired) electrons. The van der Waals surface area contributed by atoms with Gasteiger partial charge in [0.05, 0.1) is 17.7 Å². The second kappa shape index (κ2) is 4.76. The summed E-state index contributed by atoms with van der Waals surface area (Å²) in [6.45, 7) is 0.229. The van der Waals surface area contributed by atoms with Crippen molar-refractivity contribution in [3.63, 3.8) is 0 Å². The van der Waals surface area contributed by atoms with Crippen molar-refractivity contribution < 1.29 is 9.59 Å². The molecule has 0 aliphatic carbocycles. The molecule has 2 N–H and O–H groups in total. The molecule has 0 atom stereocenters. The van der Waals surface area contributed by atoms with Crippen molar-refractivity contribution >= 4 is 33.4 Å². The first-order valence-electron chi connectivity index (χ1n) is 6.07. The largest absolute Gasteiger partial charge is 0.399 e. The predicted octanol–water partition coefficient (Wildman–Crippen LogP) is 2.83. The molecule has 0 bridgehead atoms. The highest BCUT2D eigenvalue weighted by Gasteiger charge is 2.35. The number of halogens is 1. The van der Waals surface area contributed by atoms with Crippen molar-refractivity contribution in [2.75, 3.05) is 5.73 Å². The van der Waals surface area contributed by atoms with Crippen LogP contribution in [0.1, 0.15) is 26.3 Å². The molecular weight excluding hydrogens is 320 g/mol. The number of nitrogens with two attached hydrogens (primary N) is 1. The zero-order chi connectivity index (χ0) is 14.3. The van der Waals surface area contributed by atoms with Crippen LogP contribution in [0, 0.1) is 0 Å². The average molecular weight is 331 g/mol. The fourth-order valence-electron chi connectivity index (χ4n) is 2.24. The van der Waals surface area contributed by atoms with Gasteiger partial charge in [-0.15, -0.1) is 0 Å². The Morgan fingerprint density at radius 3 is 2.15 bits per heavy atom. The minimum atomic E-state index is -0.255. The Morgan fingerprint density at radius 1 is 1.00 bits per heavy atom. The molecule has 4 nitrogen and oxygen atoms in total. The van der Waals surface area contributed by atoms with Gasteiger partial charge in [0.1, 0.15) is 0 Å². The van der Waals surface area contributed by atoms with Crippen LogP contribution in [0.3, 0.4) is 0 Å². The van der Waals surface area contributed by atoms with E-state index in [9.17, 15) is 9.59 Å². The molecule has 0 saturated heterocycles. The third-order valence-electron chi connectivity index (χ3n) is 3.28. The molecule has 0 aromatic heterocycles. The maximum absolute atomic E-state index is 12.3. The van der Waals surface area contributed by atoms with Crippen molar-refractivity contribution in [2.24, 2.45) is 0 Å². The average Bonchev–Trinajstić information content (AvgIpc) is 2.67. The number of carbonyl (C=O) groups is 2. The summed E-state index contributed by atoms with van der Waals surface area (Å²) in [6.07, 6.45) is 0. The first-order valence-corrected chi connectivity index (χ1v) is 6.86. The number of carbonyl (C=O) groups excluding carboxylic acids is 2. The van der Waals surface area contributed by atoms with E-state index in [0.717, 1.165) is 10.0 Å². The molecule has 1 aliphatic rings. The fourth-order valence-corrected chi connectivity index (χ4v) is 2.77. The molecule has 20 heavy (non-hydrogen) atoms. The van der Waals surface area contributed by atoms with Gasteiger partial charge in [0.25, 0.3) is 11.8 Å². The maximum atomic E-state index is 12.3. The highest BCUT2D eigenvalue weighted by atomic mass is 79.9. The van der Waals surface area contributed by atoms with Gasteiger partial charge in [-0.3, -0.25) is 14.5 Å². The van der Waals surface area contributed by atoms with Crippen molar-refractivity contribution in [1.29, 1.82) is 0 Å². The summed E-state index contributed by atoms with van der Waals surface area (Å²) >= 11 is 3.40. The molecule has 0 spiro atoms. The number of nitrogen functional groups attached to an aromatic ring is 1. The lowest BCUT2D eigenvalue weighted by atomic mass is 10.1. The van der Waals surface area contributed by atoms with E-state index in [4.69, 9.17) is 5.73 Å². The molecule has 2 amide bonds. The van der Waals surface area contributed by atoms with Gasteiger partial charge in [-0.05, 0) is 29.8 Å². The number of hydrogen-bond donors (Lipinski definition) is 1. The Balaban J connectivity index is 1.94. The van der Waals surface area contributed by atoms with Gasteiger partial charge in [-0.1, -0.05) is 34.1 Å². The number of imide groups is 1. The molecule has 0 unspecified atom stereocenters. The maximum Gasteiger partial charge on any atom is 0.261 e. The van der Waals surface area contributed by atoms with Crippen molar-refractivity contribution in [3.8, 4) is 0 Å². The molecule has 0 saturated carbocycles. The zero-order valence-corrected chi connectivity index (χ0v) is 12.1. The first kappa shape index (κ1) is 12.9. The third kappa shape index (κ3) is 2.00. The van der Waals surface area contributed by atoms with Gasteiger partial charge in [0.2, 0.25) is 0 Å². The Kier molecular flexibility index (Phi) is 3.06. The Hall–Kier alpha value is -2.14. The molecule has 100 valence electrons. The summed E-state index contributed by atoms with van der Waals surface area (Å²) in [4.78, 5) is 25.8. The van der Waals surface area contributed by atoms with Crippen LogP contribution in [0.15, 0.2) is 46.9 Å². The van der Waals surface area contributed by atoms with Crippen LogP contribution in [-0.4, -0.2) is 16.7 Å². The smallest absolute Gasteiger partial charge is 0.261 e. The van der Waals surface area contributed by atoms with Crippen LogP contribution in [0.5, 0.6) is 0 Å². The summed E-state index contributed by atoms with van der Waals surface area (Å²) in [5.41, 5.74) is 8.08. The quantitative estimate of drug-likeness (QED) is 0.680. The van der Waals surface area contributed by atoms with E-state index in [1.165, 1.54) is 4.90 Å². The first-order chi connectivity index (χ1) is 9.58. The Bertz CT molecular complexity index is 693. The van der Waals surface area contributed by atoms with E-state index in [2.05, 4.69) is 15.9 Å². The number of anilines is 1. The minimum absolute atomic E-state index is 0.229. The molecule has 3 rings (SSSR count). The lowest BCUT2D eigenvalue weighted by Gasteiger charge is -2.15. The van der Waals surface area contributed by atoms with Gasteiger partial charge in [-0.2, -0.15) is 0 Å². The number of hydrogen-bond acceptors (Lipinski definition) is 3. The number of rotatable bonds is 2. The summed E-state index contributed by atoms with van der Waals surface area (Å²) in [7, 11) is 0. The Morgan fingerprint density at radius 2 is 1.60 bits per heavy atom. The molecule has 2 aromatic carbocycles. The van der Waals surface area contributed by atoms with E-state index < -0.39 is 0 Å². The van der Waals surface area contributed by atoms with E-state index in [1.807, 2.05) is 6.07 Å². The monoisotopic (exact) mass is 330 g/mol. The summed E-state index contributed by atoms with van der Waals surface area (Å²) in [5, 5.41) is 0. The fraction of sp³-hybridized carbons (Fsp3) is 0.0667. The highest BCUT2D eigenvalue weighted by Crippen LogP contribution is 2.27. The minimum Gasteiger partial charge on any atom is -0.399 e. The van der Waals surface area contributed by atoms with Crippen molar-refractivity contribution in [3.05, 3.63) is 63.6 Å². The molecular formula is C15H11BrN2O2. The van der Waals surface area contributed by atoms with Gasteiger partial charge in [0, 0.05) is 10.2 Å². The standard InChI is InChI=1S/C15H11BrN2O2/c16-13-7-10(17)6-5-9(13)8-18-14(19)11-3-1-2-4-12(11)15(18)20/h1-7H,8,17H2. The van der Waals surface area contributed by atoms with Crippen LogP contribution in [0.4, 0.5) is 5.69 Å². The number of nitrogens with zero attached hydrogens (tertiary/aromatic N) is 1. The number of amides is 2. The number of benzene rings is 2. The van der Waals surface area contributed by atoms with E-state index in [0.29, 0.717) is 16.8 Å². The summed E-state index contributed by atoms with van der Waals surface area (Å²) in [5.74, 6) is -0.511. The van der Waals surface area contributed by atoms with Crippen LogP contribution in [0.2, 0.25) is 0 Å². The van der Waals surface area contributed by atoms with Crippen molar-refractivity contribution in [1.82, 2.24) is 4.90 Å². The van der Waals surface area contributed by atoms with Gasteiger partial charge >= 0.3 is 0 Å². The van der Waals surface area contributed by atoms with E-state index in [1.54, 1.807) is 36.4 Å². The normalized spacial score (nSPS) is 13.8. The topological polar surface area (TPSA) is 63.4 Å². The lowest BCUT2D eigenvalue weighted by molar-refractivity contribution is 0.0642. The lowest BCUT2D eigenvalue weighted by Crippen LogP contribution is -2.29. The molecule has 5 heteroatoms. The summed E-state index contributed by atoms with van der Waals surface area (Å²) < 4.78 is 0.786. The number of fused-ring (bicyclic) bond motifs is 1. The highest BCUT2D eigenvalue weighted by molar-refractivity contribution is 9.10. The molecule has 2 aromatic rings. The van der Waals surface area contributed by atoms with E-state index in [-0.39, 0.29) is 18.4 Å². The predicted molar refractivity (Wildman–Crippen MR) is 79.2 cm³/mol. The van der Waals surface area contributed by atoms with E-state index >= 15 is 0 Å². The third-order valence-corrected chi connectivity index (χ3v) is 4.02. The van der Waals surface area contributed by atoms with Gasteiger partial charge in [0.15, 0.2) is 0 Å². The zero-order valence-electron chi connectivity index (χ0n) is 10.5. The van der Waals surface area contributed by atoms with Crippen LogP contribution >= 0.6 is 15.9 Å². The SMILES string of the molecule is Nc1ccc(CN2C(=O)c3ccccc3C2=O)c(Br)c1. The van der Waals surface area contributed by atoms with Gasteiger partial charge < -0.3 is 5.73 Å². The summed E-state index contributed by atoms with van der Waals surface area (Å²) in [6, 6.07) is 12.2.